The van der Waals surface area contributed by atoms with Crippen LogP contribution in [0, 0.1) is 0 Å². The highest BCUT2D eigenvalue weighted by Crippen LogP contribution is 2.53. The molecule has 0 atom stereocenters. The Labute approximate surface area is 197 Å². The summed E-state index contributed by atoms with van der Waals surface area (Å²) in [4.78, 5) is 14.4. The third kappa shape index (κ3) is 4.03. The van der Waals surface area contributed by atoms with E-state index in [-0.39, 0.29) is 36.7 Å². The van der Waals surface area contributed by atoms with E-state index < -0.39 is 35.2 Å². The molecule has 36 heavy (non-hydrogen) atoms. The van der Waals surface area contributed by atoms with Crippen molar-refractivity contribution in [2.45, 2.75) is 30.9 Å². The predicted molar refractivity (Wildman–Crippen MR) is 116 cm³/mol. The number of aromatic nitrogens is 4. The third-order valence-electron chi connectivity index (χ3n) is 5.43. The number of H-pyrrole nitrogens is 1. The van der Waals surface area contributed by atoms with Crippen molar-refractivity contribution >= 4 is 22.5 Å². The standard InChI is InChI=1S/C21H18F7N7O/c22-19(23,20(24,25)21(26,27)28)15-17(36)35-9-14(11-8-32-12-5-2-1-4-10(11)12)33-13(16(35)34-15)6-3-7-31-18(29)30/h1-2,4-5,8-9,32,36H,3,6-7H2,(H4,29,30,31). The lowest BCUT2D eigenvalue weighted by Crippen LogP contribution is -2.50. The van der Waals surface area contributed by atoms with Crippen LogP contribution in [0.15, 0.2) is 41.7 Å². The van der Waals surface area contributed by atoms with E-state index in [0.717, 1.165) is 6.20 Å². The highest BCUT2D eigenvalue weighted by Gasteiger charge is 2.75. The van der Waals surface area contributed by atoms with E-state index in [4.69, 9.17) is 11.5 Å². The normalized spacial score (nSPS) is 13.0. The fourth-order valence-electron chi connectivity index (χ4n) is 3.67. The van der Waals surface area contributed by atoms with Crippen LogP contribution in [0.5, 0.6) is 5.88 Å². The lowest BCUT2D eigenvalue weighted by Gasteiger charge is -2.26. The van der Waals surface area contributed by atoms with Crippen molar-refractivity contribution in [3.8, 4) is 17.1 Å². The second-order valence-corrected chi connectivity index (χ2v) is 7.86. The molecule has 0 amide bonds. The Hall–Kier alpha value is -4.04. The number of aliphatic imine (C=N–C) groups is 1. The van der Waals surface area contributed by atoms with E-state index in [1.54, 1.807) is 30.5 Å². The number of rotatable bonds is 7. The fraction of sp³-hybridized carbons (Fsp3) is 0.286. The molecular formula is C21H18F7N7O. The van der Waals surface area contributed by atoms with Gasteiger partial charge in [0.15, 0.2) is 17.3 Å². The van der Waals surface area contributed by atoms with Crippen molar-refractivity contribution in [1.82, 2.24) is 19.4 Å². The highest BCUT2D eigenvalue weighted by molar-refractivity contribution is 5.94. The average Bonchev–Trinajstić information content (AvgIpc) is 3.37. The number of halogens is 7. The quantitative estimate of drug-likeness (QED) is 0.127. The second kappa shape index (κ2) is 8.57. The Morgan fingerprint density at radius 2 is 1.75 bits per heavy atom. The average molecular weight is 517 g/mol. The van der Waals surface area contributed by atoms with Gasteiger partial charge < -0.3 is 21.6 Å². The minimum atomic E-state index is -6.60. The first-order chi connectivity index (χ1) is 16.8. The van der Waals surface area contributed by atoms with Crippen LogP contribution < -0.4 is 11.5 Å². The summed E-state index contributed by atoms with van der Waals surface area (Å²) in [6.45, 7) is 0.0787. The largest absolute Gasteiger partial charge is 0.493 e. The van der Waals surface area contributed by atoms with Gasteiger partial charge in [-0.3, -0.25) is 9.39 Å². The molecule has 192 valence electrons. The van der Waals surface area contributed by atoms with E-state index in [2.05, 4.69) is 19.9 Å². The minimum Gasteiger partial charge on any atom is -0.493 e. The molecule has 0 aliphatic carbocycles. The molecule has 0 aliphatic heterocycles. The summed E-state index contributed by atoms with van der Waals surface area (Å²) < 4.78 is 95.2. The van der Waals surface area contributed by atoms with Crippen LogP contribution in [0.3, 0.4) is 0 Å². The zero-order valence-electron chi connectivity index (χ0n) is 18.1. The number of aromatic amines is 1. The third-order valence-corrected chi connectivity index (χ3v) is 5.43. The van der Waals surface area contributed by atoms with Crippen LogP contribution in [0.25, 0.3) is 27.8 Å². The van der Waals surface area contributed by atoms with Gasteiger partial charge in [0.2, 0.25) is 5.88 Å². The van der Waals surface area contributed by atoms with Crippen LogP contribution in [0.1, 0.15) is 17.8 Å². The fourth-order valence-corrected chi connectivity index (χ4v) is 3.67. The summed E-state index contributed by atoms with van der Waals surface area (Å²) in [5.74, 6) is -14.2. The van der Waals surface area contributed by atoms with E-state index in [1.807, 2.05) is 0 Å². The SMILES string of the molecule is NC(N)=NCCCc1nc(-c2c[nH]c3ccccc23)cn2c(O)c(C(F)(F)C(F)(F)C(F)(F)F)nc12. The molecular weight excluding hydrogens is 499 g/mol. The molecule has 0 aliphatic rings. The molecule has 0 fully saturated rings. The Kier molecular flexibility index (Phi) is 5.96. The van der Waals surface area contributed by atoms with Crippen LogP contribution in [-0.2, 0) is 12.3 Å². The molecule has 1 aromatic carbocycles. The molecule has 4 rings (SSSR count). The first kappa shape index (κ1) is 25.1. The van der Waals surface area contributed by atoms with Crippen LogP contribution in [0.4, 0.5) is 30.7 Å². The van der Waals surface area contributed by atoms with Gasteiger partial charge in [-0.15, -0.1) is 0 Å². The number of para-hydroxylation sites is 1. The van der Waals surface area contributed by atoms with Crippen molar-refractivity contribution in [3.63, 3.8) is 0 Å². The van der Waals surface area contributed by atoms with Gasteiger partial charge in [0.25, 0.3) is 0 Å². The van der Waals surface area contributed by atoms with E-state index in [1.165, 1.54) is 0 Å². The van der Waals surface area contributed by atoms with Crippen molar-refractivity contribution < 1.29 is 35.8 Å². The Bertz CT molecular complexity index is 1450. The van der Waals surface area contributed by atoms with Gasteiger partial charge in [0.1, 0.15) is 0 Å². The number of nitrogens with two attached hydrogens (primary N) is 2. The van der Waals surface area contributed by atoms with Gasteiger partial charge in [-0.05, 0) is 18.9 Å². The number of fused-ring (bicyclic) bond motifs is 2. The zero-order valence-corrected chi connectivity index (χ0v) is 18.1. The molecule has 0 saturated carbocycles. The number of guanidine groups is 1. The Morgan fingerprint density at radius 3 is 2.42 bits per heavy atom. The monoisotopic (exact) mass is 517 g/mol. The van der Waals surface area contributed by atoms with Crippen molar-refractivity contribution in [3.05, 3.63) is 48.0 Å². The molecule has 15 heteroatoms. The minimum absolute atomic E-state index is 0.0341. The molecule has 0 unspecified atom stereocenters. The number of alkyl halides is 7. The number of aromatic hydroxyl groups is 1. The molecule has 0 bridgehead atoms. The van der Waals surface area contributed by atoms with E-state index in [9.17, 15) is 35.8 Å². The first-order valence-electron chi connectivity index (χ1n) is 10.3. The molecule has 0 saturated heterocycles. The summed E-state index contributed by atoms with van der Waals surface area (Å²) >= 11 is 0. The summed E-state index contributed by atoms with van der Waals surface area (Å²) in [5.41, 5.74) is 9.08. The van der Waals surface area contributed by atoms with E-state index in [0.29, 0.717) is 20.9 Å². The van der Waals surface area contributed by atoms with Crippen LogP contribution in [0.2, 0.25) is 0 Å². The number of nitrogens with one attached hydrogen (secondary N) is 1. The van der Waals surface area contributed by atoms with Crippen molar-refractivity contribution in [2.24, 2.45) is 16.5 Å². The van der Waals surface area contributed by atoms with E-state index >= 15 is 0 Å². The number of imidazole rings is 1. The molecule has 3 aromatic heterocycles. The number of hydrogen-bond donors (Lipinski definition) is 4. The molecule has 8 nitrogen and oxygen atoms in total. The van der Waals surface area contributed by atoms with Crippen molar-refractivity contribution in [1.29, 1.82) is 0 Å². The van der Waals surface area contributed by atoms with Gasteiger partial charge in [-0.2, -0.15) is 30.7 Å². The van der Waals surface area contributed by atoms with Crippen LogP contribution in [-0.4, -0.2) is 49.1 Å². The predicted octanol–water partition coefficient (Wildman–Crippen LogP) is 4.08. The maximum atomic E-state index is 14.5. The van der Waals surface area contributed by atoms with Crippen LogP contribution >= 0.6 is 0 Å². The molecule has 4 aromatic rings. The molecule has 6 N–H and O–H groups in total. The smallest absolute Gasteiger partial charge is 0.460 e. The maximum Gasteiger partial charge on any atom is 0.460 e. The summed E-state index contributed by atoms with van der Waals surface area (Å²) in [6.07, 6.45) is -3.87. The van der Waals surface area contributed by atoms with Gasteiger partial charge in [-0.1, -0.05) is 18.2 Å². The van der Waals surface area contributed by atoms with Gasteiger partial charge >= 0.3 is 18.0 Å². The lowest BCUT2D eigenvalue weighted by molar-refractivity contribution is -0.360. The Balaban J connectivity index is 1.91. The van der Waals surface area contributed by atoms with Gasteiger partial charge in [-0.25, -0.2) is 9.97 Å². The summed E-state index contributed by atoms with van der Waals surface area (Å²) in [6, 6.07) is 6.95. The second-order valence-electron chi connectivity index (χ2n) is 7.86. The number of benzene rings is 1. The summed E-state index contributed by atoms with van der Waals surface area (Å²) in [5, 5.41) is 11.0. The topological polar surface area (TPSA) is 131 Å². The Morgan fingerprint density at radius 1 is 1.06 bits per heavy atom. The lowest BCUT2D eigenvalue weighted by atomic mass is 10.1. The van der Waals surface area contributed by atoms with Gasteiger partial charge in [0, 0.05) is 35.4 Å². The summed E-state index contributed by atoms with van der Waals surface area (Å²) in [7, 11) is 0. The zero-order chi connectivity index (χ0) is 26.5. The van der Waals surface area contributed by atoms with Crippen molar-refractivity contribution in [2.75, 3.05) is 6.54 Å². The number of hydrogen-bond acceptors (Lipinski definition) is 4. The molecule has 0 spiro atoms. The molecule has 0 radical (unpaired) electrons. The molecule has 3 heterocycles. The number of nitrogens with zero attached hydrogens (tertiary/aromatic N) is 4. The maximum absolute atomic E-state index is 14.5. The highest BCUT2D eigenvalue weighted by atomic mass is 19.4. The van der Waals surface area contributed by atoms with Gasteiger partial charge in [0.05, 0.1) is 11.4 Å². The number of aryl methyl sites for hydroxylation is 1. The first-order valence-corrected chi connectivity index (χ1v) is 10.3.